The van der Waals surface area contributed by atoms with E-state index >= 15 is 0 Å². The number of rotatable bonds is 4. The van der Waals surface area contributed by atoms with Crippen LogP contribution < -0.4 is 5.73 Å². The number of likely N-dealkylation sites (tertiary alicyclic amines) is 1. The number of aromatic nitrogens is 2. The lowest BCUT2D eigenvalue weighted by atomic mass is 10.0. The Hall–Kier alpha value is -0.940. The van der Waals surface area contributed by atoms with Gasteiger partial charge in [0, 0.05) is 6.42 Å². The number of hydrogen-bond acceptors (Lipinski definition) is 5. The van der Waals surface area contributed by atoms with Gasteiger partial charge in [-0.15, -0.1) is 0 Å². The van der Waals surface area contributed by atoms with Crippen LogP contribution in [0.3, 0.4) is 0 Å². The number of hydrogen-bond donors (Lipinski definition) is 1. The minimum Gasteiger partial charge on any atom is -0.339 e. The van der Waals surface area contributed by atoms with Gasteiger partial charge >= 0.3 is 0 Å². The van der Waals surface area contributed by atoms with Crippen LogP contribution in [0.1, 0.15) is 43.4 Å². The van der Waals surface area contributed by atoms with E-state index in [2.05, 4.69) is 22.1 Å². The maximum atomic E-state index is 5.45. The predicted octanol–water partition coefficient (Wildman–Crippen LogP) is 1.12. The summed E-state index contributed by atoms with van der Waals surface area (Å²) in [6.07, 6.45) is 5.35. The third-order valence-electron chi connectivity index (χ3n) is 3.15. The SMILES string of the molecule is CN1CCCCC1c1noc(CCCN)n1. The Bertz CT molecular complexity index is 326. The van der Waals surface area contributed by atoms with Crippen LogP contribution in [0.15, 0.2) is 4.52 Å². The molecule has 1 saturated heterocycles. The van der Waals surface area contributed by atoms with E-state index in [-0.39, 0.29) is 0 Å². The molecule has 0 aliphatic carbocycles. The number of aryl methyl sites for hydroxylation is 1. The van der Waals surface area contributed by atoms with E-state index in [1.807, 2.05) is 0 Å². The highest BCUT2D eigenvalue weighted by Gasteiger charge is 2.25. The van der Waals surface area contributed by atoms with Crippen molar-refractivity contribution in [2.45, 2.75) is 38.1 Å². The summed E-state index contributed by atoms with van der Waals surface area (Å²) in [7, 11) is 2.12. The van der Waals surface area contributed by atoms with E-state index in [0.717, 1.165) is 37.5 Å². The molecule has 0 saturated carbocycles. The van der Waals surface area contributed by atoms with Crippen molar-refractivity contribution >= 4 is 0 Å². The molecule has 0 spiro atoms. The van der Waals surface area contributed by atoms with Crippen molar-refractivity contribution in [2.24, 2.45) is 5.73 Å². The van der Waals surface area contributed by atoms with Crippen molar-refractivity contribution in [3.63, 3.8) is 0 Å². The van der Waals surface area contributed by atoms with Crippen LogP contribution in [0.2, 0.25) is 0 Å². The zero-order chi connectivity index (χ0) is 11.4. The lowest BCUT2D eigenvalue weighted by Gasteiger charge is -2.29. The van der Waals surface area contributed by atoms with Gasteiger partial charge < -0.3 is 10.3 Å². The quantitative estimate of drug-likeness (QED) is 0.830. The summed E-state index contributed by atoms with van der Waals surface area (Å²) in [6.45, 7) is 1.79. The minimum absolute atomic E-state index is 0.337. The van der Waals surface area contributed by atoms with Crippen molar-refractivity contribution in [3.8, 4) is 0 Å². The minimum atomic E-state index is 0.337. The second-order valence-corrected chi connectivity index (χ2v) is 4.43. The largest absolute Gasteiger partial charge is 0.339 e. The van der Waals surface area contributed by atoms with E-state index < -0.39 is 0 Å². The van der Waals surface area contributed by atoms with Crippen LogP contribution in [0.4, 0.5) is 0 Å². The van der Waals surface area contributed by atoms with Crippen LogP contribution in [0.25, 0.3) is 0 Å². The van der Waals surface area contributed by atoms with Gasteiger partial charge in [0.15, 0.2) is 5.82 Å². The number of nitrogens with zero attached hydrogens (tertiary/aromatic N) is 3. The lowest BCUT2D eigenvalue weighted by Crippen LogP contribution is -2.30. The highest BCUT2D eigenvalue weighted by molar-refractivity contribution is 4.96. The summed E-state index contributed by atoms with van der Waals surface area (Å²) < 4.78 is 5.22. The average molecular weight is 224 g/mol. The third-order valence-corrected chi connectivity index (χ3v) is 3.15. The first kappa shape index (κ1) is 11.5. The Kier molecular flexibility index (Phi) is 3.90. The molecule has 1 aliphatic heterocycles. The number of nitrogens with two attached hydrogens (primary N) is 1. The van der Waals surface area contributed by atoms with Crippen LogP contribution in [-0.4, -0.2) is 35.2 Å². The summed E-state index contributed by atoms with van der Waals surface area (Å²) in [5.74, 6) is 1.56. The maximum Gasteiger partial charge on any atom is 0.226 e. The maximum absolute atomic E-state index is 5.45. The van der Waals surface area contributed by atoms with Crippen molar-refractivity contribution in [3.05, 3.63) is 11.7 Å². The van der Waals surface area contributed by atoms with Crippen LogP contribution in [-0.2, 0) is 6.42 Å². The fourth-order valence-corrected chi connectivity index (χ4v) is 2.16. The van der Waals surface area contributed by atoms with E-state index in [0.29, 0.717) is 12.6 Å². The Morgan fingerprint density at radius 2 is 2.38 bits per heavy atom. The molecule has 90 valence electrons. The van der Waals surface area contributed by atoms with Gasteiger partial charge in [0.05, 0.1) is 6.04 Å². The molecule has 1 aliphatic rings. The molecule has 1 unspecified atom stereocenters. The van der Waals surface area contributed by atoms with E-state index in [9.17, 15) is 0 Å². The van der Waals surface area contributed by atoms with Crippen LogP contribution in [0.5, 0.6) is 0 Å². The van der Waals surface area contributed by atoms with E-state index in [1.54, 1.807) is 0 Å². The van der Waals surface area contributed by atoms with Gasteiger partial charge in [0.2, 0.25) is 5.89 Å². The molecule has 1 aromatic rings. The van der Waals surface area contributed by atoms with Gasteiger partial charge in [0.1, 0.15) is 0 Å². The van der Waals surface area contributed by atoms with Crippen molar-refractivity contribution in [2.75, 3.05) is 20.1 Å². The van der Waals surface area contributed by atoms with Gasteiger partial charge in [-0.2, -0.15) is 4.98 Å². The summed E-state index contributed by atoms with van der Waals surface area (Å²) in [5, 5.41) is 4.07. The predicted molar refractivity (Wildman–Crippen MR) is 60.9 cm³/mol. The fourth-order valence-electron chi connectivity index (χ4n) is 2.16. The molecule has 5 nitrogen and oxygen atoms in total. The first-order chi connectivity index (χ1) is 7.81. The van der Waals surface area contributed by atoms with Gasteiger partial charge in [-0.1, -0.05) is 11.6 Å². The van der Waals surface area contributed by atoms with Crippen LogP contribution in [0, 0.1) is 0 Å². The summed E-state index contributed by atoms with van der Waals surface area (Å²) >= 11 is 0. The molecule has 1 fully saturated rings. The molecule has 5 heteroatoms. The molecule has 2 N–H and O–H groups in total. The molecule has 1 atom stereocenters. The first-order valence-electron chi connectivity index (χ1n) is 6.04. The topological polar surface area (TPSA) is 68.2 Å². The summed E-state index contributed by atoms with van der Waals surface area (Å²) in [4.78, 5) is 6.75. The smallest absolute Gasteiger partial charge is 0.226 e. The molecule has 0 amide bonds. The van der Waals surface area contributed by atoms with E-state index in [4.69, 9.17) is 10.3 Å². The van der Waals surface area contributed by atoms with Crippen molar-refractivity contribution < 1.29 is 4.52 Å². The zero-order valence-corrected chi connectivity index (χ0v) is 9.85. The highest BCUT2D eigenvalue weighted by atomic mass is 16.5. The monoisotopic (exact) mass is 224 g/mol. The normalized spacial score (nSPS) is 22.5. The summed E-state index contributed by atoms with van der Waals surface area (Å²) in [6, 6.07) is 0.337. The second-order valence-electron chi connectivity index (χ2n) is 4.43. The van der Waals surface area contributed by atoms with Crippen LogP contribution >= 0.6 is 0 Å². The third kappa shape index (κ3) is 2.59. The summed E-state index contributed by atoms with van der Waals surface area (Å²) in [5.41, 5.74) is 5.45. The first-order valence-corrected chi connectivity index (χ1v) is 6.04. The van der Waals surface area contributed by atoms with Gasteiger partial charge in [-0.3, -0.25) is 4.90 Å². The Morgan fingerprint density at radius 3 is 3.12 bits per heavy atom. The Labute approximate surface area is 96.0 Å². The highest BCUT2D eigenvalue weighted by Crippen LogP contribution is 2.27. The van der Waals surface area contributed by atoms with Crippen molar-refractivity contribution in [1.82, 2.24) is 15.0 Å². The molecule has 2 rings (SSSR count). The fraction of sp³-hybridized carbons (Fsp3) is 0.818. The lowest BCUT2D eigenvalue weighted by molar-refractivity contribution is 0.176. The molecule has 1 aromatic heterocycles. The Balaban J connectivity index is 1.99. The standard InChI is InChI=1S/C11H20N4O/c1-15-8-3-2-5-9(15)11-13-10(16-14-11)6-4-7-12/h9H,2-8,12H2,1H3. The van der Waals surface area contributed by atoms with Gasteiger partial charge in [-0.25, -0.2) is 0 Å². The molecule has 0 radical (unpaired) electrons. The molecular weight excluding hydrogens is 204 g/mol. The van der Waals surface area contributed by atoms with E-state index in [1.165, 1.54) is 12.8 Å². The van der Waals surface area contributed by atoms with Gasteiger partial charge in [-0.05, 0) is 39.4 Å². The zero-order valence-electron chi connectivity index (χ0n) is 9.85. The molecule has 16 heavy (non-hydrogen) atoms. The van der Waals surface area contributed by atoms with Crippen molar-refractivity contribution in [1.29, 1.82) is 0 Å². The molecule has 0 aromatic carbocycles. The Morgan fingerprint density at radius 1 is 1.50 bits per heavy atom. The molecular formula is C11H20N4O. The number of piperidine rings is 1. The average Bonchev–Trinajstić information content (AvgIpc) is 2.75. The second kappa shape index (κ2) is 5.41. The van der Waals surface area contributed by atoms with Gasteiger partial charge in [0.25, 0.3) is 0 Å². The molecule has 2 heterocycles. The molecule has 0 bridgehead atoms.